The summed E-state index contributed by atoms with van der Waals surface area (Å²) in [6.45, 7) is 4.43. The van der Waals surface area contributed by atoms with Gasteiger partial charge in [0.25, 0.3) is 5.56 Å². The summed E-state index contributed by atoms with van der Waals surface area (Å²) in [5, 5.41) is 3.84. The van der Waals surface area contributed by atoms with Gasteiger partial charge in [-0.05, 0) is 43.7 Å². The van der Waals surface area contributed by atoms with Crippen LogP contribution < -0.4 is 10.9 Å². The maximum atomic E-state index is 13.0. The fourth-order valence-corrected chi connectivity index (χ4v) is 3.42. The number of benzene rings is 2. The summed E-state index contributed by atoms with van der Waals surface area (Å²) in [5.74, 6) is 0.135. The van der Waals surface area contributed by atoms with E-state index in [2.05, 4.69) is 10.3 Å². The van der Waals surface area contributed by atoms with Gasteiger partial charge < -0.3 is 5.32 Å². The second-order valence-corrected chi connectivity index (χ2v) is 6.58. The van der Waals surface area contributed by atoms with Gasteiger partial charge >= 0.3 is 0 Å². The van der Waals surface area contributed by atoms with Gasteiger partial charge in [0.05, 0.1) is 22.3 Å². The third kappa shape index (κ3) is 3.74. The zero-order chi connectivity index (χ0) is 17.8. The molecular formula is C19H19N3O2S. The summed E-state index contributed by atoms with van der Waals surface area (Å²) in [7, 11) is 0. The molecule has 0 saturated heterocycles. The Morgan fingerprint density at radius 1 is 1.20 bits per heavy atom. The molecule has 0 saturated carbocycles. The van der Waals surface area contributed by atoms with Crippen LogP contribution in [-0.4, -0.2) is 27.8 Å². The second kappa shape index (κ2) is 7.53. The lowest BCUT2D eigenvalue weighted by Gasteiger charge is -2.13. The summed E-state index contributed by atoms with van der Waals surface area (Å²) in [5.41, 5.74) is 2.31. The topological polar surface area (TPSA) is 64.0 Å². The molecule has 2 aromatic carbocycles. The van der Waals surface area contributed by atoms with E-state index >= 15 is 0 Å². The molecule has 1 N–H and O–H groups in total. The molecule has 0 spiro atoms. The zero-order valence-corrected chi connectivity index (χ0v) is 15.0. The second-order valence-electron chi connectivity index (χ2n) is 5.63. The van der Waals surface area contributed by atoms with E-state index in [0.717, 1.165) is 11.3 Å². The minimum Gasteiger partial charge on any atom is -0.356 e. The Morgan fingerprint density at radius 3 is 2.76 bits per heavy atom. The summed E-state index contributed by atoms with van der Waals surface area (Å²) in [6.07, 6.45) is 0. The predicted octanol–water partition coefficient (Wildman–Crippen LogP) is 2.92. The molecule has 0 radical (unpaired) electrons. The smallest absolute Gasteiger partial charge is 0.266 e. The fourth-order valence-electron chi connectivity index (χ4n) is 2.58. The van der Waals surface area contributed by atoms with E-state index in [4.69, 9.17) is 0 Å². The first kappa shape index (κ1) is 17.2. The first-order valence-corrected chi connectivity index (χ1v) is 9.07. The number of thioether (sulfide) groups is 1. The lowest BCUT2D eigenvalue weighted by Crippen LogP contribution is -2.26. The van der Waals surface area contributed by atoms with Gasteiger partial charge in [-0.3, -0.25) is 14.2 Å². The number of aryl methyl sites for hydroxylation is 1. The van der Waals surface area contributed by atoms with Gasteiger partial charge in [-0.15, -0.1) is 0 Å². The maximum Gasteiger partial charge on any atom is 0.266 e. The Hall–Kier alpha value is -2.60. The molecule has 1 amide bonds. The minimum absolute atomic E-state index is 0.0781. The largest absolute Gasteiger partial charge is 0.356 e. The molecule has 0 bridgehead atoms. The van der Waals surface area contributed by atoms with Crippen LogP contribution in [0.1, 0.15) is 12.5 Å². The number of para-hydroxylation sites is 1. The number of hydrogen-bond acceptors (Lipinski definition) is 4. The third-order valence-corrected chi connectivity index (χ3v) is 4.65. The van der Waals surface area contributed by atoms with Crippen molar-refractivity contribution in [3.05, 3.63) is 64.4 Å². The van der Waals surface area contributed by atoms with Crippen molar-refractivity contribution >= 4 is 28.6 Å². The molecule has 1 heterocycles. The maximum absolute atomic E-state index is 13.0. The molecule has 3 aromatic rings. The molecule has 25 heavy (non-hydrogen) atoms. The SMILES string of the molecule is CCNC(=O)CSc1nc2ccccc2c(=O)n1-c1cccc(C)c1. The quantitative estimate of drug-likeness (QED) is 0.566. The van der Waals surface area contributed by atoms with E-state index in [0.29, 0.717) is 22.6 Å². The van der Waals surface area contributed by atoms with Gasteiger partial charge in [0.2, 0.25) is 5.91 Å². The lowest BCUT2D eigenvalue weighted by molar-refractivity contribution is -0.118. The Bertz CT molecular complexity index is 982. The van der Waals surface area contributed by atoms with Gasteiger partial charge in [0.1, 0.15) is 0 Å². The predicted molar refractivity (Wildman–Crippen MR) is 101 cm³/mol. The molecule has 0 atom stereocenters. The Morgan fingerprint density at radius 2 is 2.00 bits per heavy atom. The van der Waals surface area contributed by atoms with Crippen molar-refractivity contribution in [2.75, 3.05) is 12.3 Å². The lowest BCUT2D eigenvalue weighted by atomic mass is 10.2. The Labute approximate surface area is 150 Å². The van der Waals surface area contributed by atoms with Crippen molar-refractivity contribution in [1.29, 1.82) is 0 Å². The number of nitrogens with one attached hydrogen (secondary N) is 1. The fraction of sp³-hybridized carbons (Fsp3) is 0.211. The number of fused-ring (bicyclic) bond motifs is 1. The highest BCUT2D eigenvalue weighted by molar-refractivity contribution is 7.99. The number of nitrogens with zero attached hydrogens (tertiary/aromatic N) is 2. The zero-order valence-electron chi connectivity index (χ0n) is 14.2. The molecule has 6 heteroatoms. The molecule has 0 aliphatic heterocycles. The van der Waals surface area contributed by atoms with Crippen molar-refractivity contribution in [3.63, 3.8) is 0 Å². The average molecular weight is 353 g/mol. The van der Waals surface area contributed by atoms with Crippen LogP contribution in [0.2, 0.25) is 0 Å². The number of carbonyl (C=O) groups is 1. The van der Waals surface area contributed by atoms with E-state index in [1.807, 2.05) is 56.3 Å². The molecule has 128 valence electrons. The highest BCUT2D eigenvalue weighted by Crippen LogP contribution is 2.21. The molecule has 0 fully saturated rings. The van der Waals surface area contributed by atoms with Crippen LogP contribution in [0.15, 0.2) is 58.5 Å². The highest BCUT2D eigenvalue weighted by atomic mass is 32.2. The third-order valence-electron chi connectivity index (χ3n) is 3.71. The molecule has 3 rings (SSSR count). The van der Waals surface area contributed by atoms with Crippen molar-refractivity contribution in [3.8, 4) is 5.69 Å². The number of aromatic nitrogens is 2. The average Bonchev–Trinajstić information content (AvgIpc) is 2.60. The van der Waals surface area contributed by atoms with Crippen molar-refractivity contribution in [1.82, 2.24) is 14.9 Å². The Kier molecular flexibility index (Phi) is 5.19. The van der Waals surface area contributed by atoms with Crippen LogP contribution in [0.5, 0.6) is 0 Å². The number of carbonyl (C=O) groups excluding carboxylic acids is 1. The number of rotatable bonds is 5. The molecule has 1 aromatic heterocycles. The van der Waals surface area contributed by atoms with Gasteiger partial charge in [-0.2, -0.15) is 0 Å². The normalized spacial score (nSPS) is 10.8. The summed E-state index contributed by atoms with van der Waals surface area (Å²) >= 11 is 1.26. The molecule has 5 nitrogen and oxygen atoms in total. The van der Waals surface area contributed by atoms with Crippen LogP contribution in [0.3, 0.4) is 0 Å². The first-order chi connectivity index (χ1) is 12.1. The summed E-state index contributed by atoms with van der Waals surface area (Å²) in [4.78, 5) is 29.5. The van der Waals surface area contributed by atoms with Gasteiger partial charge in [-0.25, -0.2) is 4.98 Å². The number of amides is 1. The molecular weight excluding hydrogens is 334 g/mol. The Balaban J connectivity index is 2.14. The van der Waals surface area contributed by atoms with Gasteiger partial charge in [0, 0.05) is 6.54 Å². The number of hydrogen-bond donors (Lipinski definition) is 1. The van der Waals surface area contributed by atoms with E-state index in [1.165, 1.54) is 11.8 Å². The first-order valence-electron chi connectivity index (χ1n) is 8.08. The van der Waals surface area contributed by atoms with Gasteiger partial charge in [-0.1, -0.05) is 36.0 Å². The van der Waals surface area contributed by atoms with E-state index < -0.39 is 0 Å². The molecule has 0 unspecified atom stereocenters. The van der Waals surface area contributed by atoms with Crippen molar-refractivity contribution < 1.29 is 4.79 Å². The van der Waals surface area contributed by atoms with Crippen LogP contribution in [0.25, 0.3) is 16.6 Å². The highest BCUT2D eigenvalue weighted by Gasteiger charge is 2.14. The van der Waals surface area contributed by atoms with Crippen LogP contribution in [0, 0.1) is 6.92 Å². The minimum atomic E-state index is -0.130. The van der Waals surface area contributed by atoms with Crippen LogP contribution >= 0.6 is 11.8 Å². The van der Waals surface area contributed by atoms with Crippen molar-refractivity contribution in [2.24, 2.45) is 0 Å². The van der Waals surface area contributed by atoms with Crippen LogP contribution in [0.4, 0.5) is 0 Å². The standard InChI is InChI=1S/C19H19N3O2S/c1-3-20-17(23)12-25-19-21-16-10-5-4-9-15(16)18(24)22(19)14-8-6-7-13(2)11-14/h4-11H,3,12H2,1-2H3,(H,20,23). The van der Waals surface area contributed by atoms with Gasteiger partial charge in [0.15, 0.2) is 5.16 Å². The summed E-state index contributed by atoms with van der Waals surface area (Å²) in [6, 6.07) is 15.0. The van der Waals surface area contributed by atoms with E-state index in [9.17, 15) is 9.59 Å². The molecule has 0 aliphatic carbocycles. The molecule has 0 aliphatic rings. The van der Waals surface area contributed by atoms with Crippen molar-refractivity contribution in [2.45, 2.75) is 19.0 Å². The van der Waals surface area contributed by atoms with E-state index in [-0.39, 0.29) is 17.2 Å². The van der Waals surface area contributed by atoms with E-state index in [1.54, 1.807) is 10.6 Å². The monoisotopic (exact) mass is 353 g/mol. The summed E-state index contributed by atoms with van der Waals surface area (Å²) < 4.78 is 1.58. The van der Waals surface area contributed by atoms with Crippen LogP contribution in [-0.2, 0) is 4.79 Å².